The monoisotopic (exact) mass is 352 g/mol. The topological polar surface area (TPSA) is 36.1 Å². The number of nitrogens with zero attached hydrogens (tertiary/aromatic N) is 1. The Labute approximate surface area is 157 Å². The van der Waals surface area contributed by atoms with Crippen LogP contribution in [-0.4, -0.2) is 9.88 Å². The highest BCUT2D eigenvalue weighted by Crippen LogP contribution is 2.32. The number of H-pyrrole nitrogens is 1. The Bertz CT molecular complexity index is 1140. The summed E-state index contributed by atoms with van der Waals surface area (Å²) < 4.78 is 0. The Morgan fingerprint density at radius 2 is 1.37 bits per heavy atom. The minimum absolute atomic E-state index is 0.000447. The molecule has 0 amide bonds. The van der Waals surface area contributed by atoms with Gasteiger partial charge in [0, 0.05) is 30.7 Å². The van der Waals surface area contributed by atoms with Gasteiger partial charge in [-0.15, -0.1) is 0 Å². The summed E-state index contributed by atoms with van der Waals surface area (Å²) in [4.78, 5) is 18.0. The van der Waals surface area contributed by atoms with Gasteiger partial charge in [-0.05, 0) is 39.8 Å². The molecule has 3 nitrogen and oxygen atoms in total. The molecule has 1 aromatic heterocycles. The third kappa shape index (κ3) is 2.96. The molecule has 3 heteroatoms. The van der Waals surface area contributed by atoms with E-state index in [1.54, 1.807) is 0 Å². The number of pyridine rings is 1. The van der Waals surface area contributed by atoms with Crippen LogP contribution in [0.15, 0.2) is 83.7 Å². The molecule has 0 saturated carbocycles. The smallest absolute Gasteiger partial charge is 0.252 e. The van der Waals surface area contributed by atoms with E-state index in [1.807, 2.05) is 30.3 Å². The number of benzene rings is 3. The van der Waals surface area contributed by atoms with Gasteiger partial charge in [-0.25, -0.2) is 0 Å². The van der Waals surface area contributed by atoms with Gasteiger partial charge < -0.3 is 4.98 Å². The van der Waals surface area contributed by atoms with E-state index in [-0.39, 0.29) is 5.56 Å². The van der Waals surface area contributed by atoms with Gasteiger partial charge in [0.1, 0.15) is 0 Å². The molecule has 0 unspecified atom stereocenters. The lowest BCUT2D eigenvalue weighted by atomic mass is 9.97. The minimum atomic E-state index is -0.000447. The standard InChI is InChI=1S/C24H20N2O/c27-24-20(13-17-7-3-6-12-23(17)25-24)16-26-14-18-8-1-4-10-21(18)22-11-5-2-9-19(22)15-26/h1-13H,14-16H2,(H,25,27). The van der Waals surface area contributed by atoms with E-state index in [1.165, 1.54) is 22.3 Å². The summed E-state index contributed by atoms with van der Waals surface area (Å²) in [7, 11) is 0. The average Bonchev–Trinajstić information content (AvgIpc) is 2.85. The number of rotatable bonds is 2. The molecule has 0 saturated heterocycles. The van der Waals surface area contributed by atoms with Crippen molar-refractivity contribution >= 4 is 10.9 Å². The summed E-state index contributed by atoms with van der Waals surface area (Å²) in [5, 5.41) is 1.07. The molecule has 3 aromatic carbocycles. The van der Waals surface area contributed by atoms with Crippen LogP contribution in [0.5, 0.6) is 0 Å². The first-order valence-electron chi connectivity index (χ1n) is 9.27. The highest BCUT2D eigenvalue weighted by Gasteiger charge is 2.19. The zero-order valence-electron chi connectivity index (χ0n) is 15.0. The fourth-order valence-electron chi connectivity index (χ4n) is 4.04. The first-order chi connectivity index (χ1) is 13.3. The number of nitrogens with one attached hydrogen (secondary N) is 1. The van der Waals surface area contributed by atoms with Gasteiger partial charge in [0.05, 0.1) is 0 Å². The van der Waals surface area contributed by atoms with Crippen molar-refractivity contribution in [3.8, 4) is 11.1 Å². The maximum absolute atomic E-state index is 12.6. The maximum Gasteiger partial charge on any atom is 0.252 e. The quantitative estimate of drug-likeness (QED) is 0.567. The Kier molecular flexibility index (Phi) is 3.88. The molecular weight excluding hydrogens is 332 g/mol. The second kappa shape index (κ2) is 6.53. The molecule has 4 aromatic rings. The van der Waals surface area contributed by atoms with Gasteiger partial charge in [-0.1, -0.05) is 66.7 Å². The average molecular weight is 352 g/mol. The van der Waals surface area contributed by atoms with Crippen molar-refractivity contribution in [2.45, 2.75) is 19.6 Å². The largest absolute Gasteiger partial charge is 0.322 e. The molecule has 1 aliphatic heterocycles. The van der Waals surface area contributed by atoms with E-state index >= 15 is 0 Å². The van der Waals surface area contributed by atoms with E-state index in [2.05, 4.69) is 58.4 Å². The van der Waals surface area contributed by atoms with Crippen molar-refractivity contribution < 1.29 is 0 Å². The number of fused-ring (bicyclic) bond motifs is 4. The van der Waals surface area contributed by atoms with Gasteiger partial charge in [-0.3, -0.25) is 9.69 Å². The van der Waals surface area contributed by atoms with Crippen LogP contribution in [0.2, 0.25) is 0 Å². The minimum Gasteiger partial charge on any atom is -0.322 e. The highest BCUT2D eigenvalue weighted by atomic mass is 16.1. The van der Waals surface area contributed by atoms with Crippen LogP contribution < -0.4 is 5.56 Å². The normalized spacial score (nSPS) is 13.8. The lowest BCUT2D eigenvalue weighted by molar-refractivity contribution is 0.249. The number of para-hydroxylation sites is 1. The zero-order valence-corrected chi connectivity index (χ0v) is 15.0. The summed E-state index contributed by atoms with van der Waals surface area (Å²) >= 11 is 0. The van der Waals surface area contributed by atoms with Crippen molar-refractivity contribution in [2.24, 2.45) is 0 Å². The molecule has 27 heavy (non-hydrogen) atoms. The third-order valence-electron chi connectivity index (χ3n) is 5.34. The molecule has 0 aliphatic carbocycles. The molecule has 1 N–H and O–H groups in total. The fourth-order valence-corrected chi connectivity index (χ4v) is 4.04. The van der Waals surface area contributed by atoms with Crippen LogP contribution in [0, 0.1) is 0 Å². The molecule has 5 rings (SSSR count). The van der Waals surface area contributed by atoms with Crippen LogP contribution >= 0.6 is 0 Å². The highest BCUT2D eigenvalue weighted by molar-refractivity contribution is 5.78. The Morgan fingerprint density at radius 1 is 0.778 bits per heavy atom. The van der Waals surface area contributed by atoms with Crippen molar-refractivity contribution in [2.75, 3.05) is 0 Å². The summed E-state index contributed by atoms with van der Waals surface area (Å²) in [6.45, 7) is 2.29. The van der Waals surface area contributed by atoms with E-state index in [9.17, 15) is 4.79 Å². The third-order valence-corrected chi connectivity index (χ3v) is 5.34. The lowest BCUT2D eigenvalue weighted by Crippen LogP contribution is -2.25. The van der Waals surface area contributed by atoms with Crippen molar-refractivity contribution in [1.29, 1.82) is 0 Å². The number of aromatic nitrogens is 1. The van der Waals surface area contributed by atoms with Crippen LogP contribution in [0.25, 0.3) is 22.0 Å². The zero-order chi connectivity index (χ0) is 18.2. The van der Waals surface area contributed by atoms with Crippen molar-refractivity contribution in [1.82, 2.24) is 9.88 Å². The lowest BCUT2D eigenvalue weighted by Gasteiger charge is -2.21. The van der Waals surface area contributed by atoms with E-state index in [0.717, 1.165) is 29.6 Å². The van der Waals surface area contributed by atoms with Crippen molar-refractivity contribution in [3.05, 3.63) is 106 Å². The predicted molar refractivity (Wildman–Crippen MR) is 109 cm³/mol. The second-order valence-corrected chi connectivity index (χ2v) is 7.17. The van der Waals surface area contributed by atoms with Gasteiger partial charge in [-0.2, -0.15) is 0 Å². The van der Waals surface area contributed by atoms with Crippen LogP contribution in [0.4, 0.5) is 0 Å². The maximum atomic E-state index is 12.6. The molecule has 0 fully saturated rings. The molecule has 132 valence electrons. The number of hydrogen-bond donors (Lipinski definition) is 1. The van der Waals surface area contributed by atoms with Gasteiger partial charge in [0.15, 0.2) is 0 Å². The summed E-state index contributed by atoms with van der Waals surface area (Å²) in [5.41, 5.74) is 6.90. The van der Waals surface area contributed by atoms with E-state index < -0.39 is 0 Å². The summed E-state index contributed by atoms with van der Waals surface area (Å²) in [6.07, 6.45) is 0. The van der Waals surface area contributed by atoms with Crippen LogP contribution in [0.3, 0.4) is 0 Å². The fraction of sp³-hybridized carbons (Fsp3) is 0.125. The van der Waals surface area contributed by atoms with Gasteiger partial charge >= 0.3 is 0 Å². The van der Waals surface area contributed by atoms with Crippen LogP contribution in [0.1, 0.15) is 16.7 Å². The molecule has 0 spiro atoms. The first-order valence-corrected chi connectivity index (χ1v) is 9.27. The Hall–Kier alpha value is -3.17. The van der Waals surface area contributed by atoms with Gasteiger partial charge in [0.2, 0.25) is 0 Å². The van der Waals surface area contributed by atoms with Gasteiger partial charge in [0.25, 0.3) is 5.56 Å². The molecule has 1 aliphatic rings. The van der Waals surface area contributed by atoms with E-state index in [4.69, 9.17) is 0 Å². The Morgan fingerprint density at radius 3 is 2.07 bits per heavy atom. The Balaban J connectivity index is 1.56. The van der Waals surface area contributed by atoms with E-state index in [0.29, 0.717) is 6.54 Å². The SMILES string of the molecule is O=c1[nH]c2ccccc2cc1CN1Cc2ccccc2-c2ccccc2C1. The first kappa shape index (κ1) is 16.0. The number of hydrogen-bond acceptors (Lipinski definition) is 2. The molecule has 2 heterocycles. The summed E-state index contributed by atoms with van der Waals surface area (Å²) in [6, 6.07) is 27.1. The van der Waals surface area contributed by atoms with Crippen LogP contribution in [-0.2, 0) is 19.6 Å². The molecule has 0 bridgehead atoms. The second-order valence-electron chi connectivity index (χ2n) is 7.17. The molecule has 0 atom stereocenters. The number of aromatic amines is 1. The molecule has 0 radical (unpaired) electrons. The predicted octanol–water partition coefficient (Wildman–Crippen LogP) is 4.71. The summed E-state index contributed by atoms with van der Waals surface area (Å²) in [5.74, 6) is 0. The molecular formula is C24H20N2O. The van der Waals surface area contributed by atoms with Crippen molar-refractivity contribution in [3.63, 3.8) is 0 Å².